The summed E-state index contributed by atoms with van der Waals surface area (Å²) >= 11 is 5.10. The zero-order valence-corrected chi connectivity index (χ0v) is 16.2. The normalized spacial score (nSPS) is 11.7. The molecule has 0 aliphatic heterocycles. The molecule has 6 heteroatoms. The summed E-state index contributed by atoms with van der Waals surface area (Å²) in [6.07, 6.45) is 0. The zero-order chi connectivity index (χ0) is 13.6. The molecule has 2 N–H and O–H groups in total. The second kappa shape index (κ2) is 8.97. The van der Waals surface area contributed by atoms with E-state index in [0.717, 1.165) is 17.0 Å². The highest BCUT2D eigenvalue weighted by Gasteiger charge is 2.21. The number of hydrogen-bond acceptors (Lipinski definition) is 2. The monoisotopic (exact) mass is 457 g/mol. The average molecular weight is 458 g/mol. The fourth-order valence-corrected chi connectivity index (χ4v) is 2.45. The number of thiophene rings is 1. The van der Waals surface area contributed by atoms with Gasteiger partial charge in [-0.2, -0.15) is 0 Å². The molecule has 0 unspecified atom stereocenters. The van der Waals surface area contributed by atoms with Crippen molar-refractivity contribution in [3.63, 3.8) is 0 Å². The third-order valence-electron chi connectivity index (χ3n) is 2.56. The van der Waals surface area contributed by atoms with Crippen LogP contribution in [-0.2, 0) is 5.41 Å². The number of nitrogens with one attached hydrogen (secondary N) is 2. The molecule has 1 rings (SSSR count). The predicted octanol–water partition coefficient (Wildman–Crippen LogP) is 3.72. The molecular formula is C13H21BrIN3S. The molecule has 0 spiro atoms. The summed E-state index contributed by atoms with van der Waals surface area (Å²) < 4.78 is 0.906. The summed E-state index contributed by atoms with van der Waals surface area (Å²) in [5.74, 6) is 0.792. The third-order valence-corrected chi connectivity index (χ3v) is 4.07. The van der Waals surface area contributed by atoms with Gasteiger partial charge in [-0.25, -0.2) is 0 Å². The van der Waals surface area contributed by atoms with Crippen molar-refractivity contribution >= 4 is 57.2 Å². The zero-order valence-electron chi connectivity index (χ0n) is 11.5. The molecule has 0 aliphatic rings. The van der Waals surface area contributed by atoms with Crippen LogP contribution in [0.15, 0.2) is 33.6 Å². The number of nitrogens with zero attached hydrogens (tertiary/aromatic N) is 1. The summed E-state index contributed by atoms with van der Waals surface area (Å²) in [7, 11) is 1.77. The predicted molar refractivity (Wildman–Crippen MR) is 100 cm³/mol. The number of halogens is 2. The molecule has 0 aromatic carbocycles. The first-order chi connectivity index (χ1) is 8.45. The molecule has 0 aliphatic carbocycles. The minimum Gasteiger partial charge on any atom is -0.356 e. The topological polar surface area (TPSA) is 36.4 Å². The molecule has 19 heavy (non-hydrogen) atoms. The van der Waals surface area contributed by atoms with E-state index in [1.807, 2.05) is 0 Å². The van der Waals surface area contributed by atoms with Crippen LogP contribution in [0.25, 0.3) is 0 Å². The standard InChI is InChI=1S/C13H20BrN3S.HI/c1-10(14)8-16-12(15-4)17-9-13(2,3)11-6-5-7-18-11;/h5-7H,1,8-9H2,2-4H3,(H2,15,16,17);1H. The molecule has 0 saturated carbocycles. The maximum atomic E-state index is 4.18. The van der Waals surface area contributed by atoms with Crippen molar-refractivity contribution in [2.24, 2.45) is 4.99 Å². The summed E-state index contributed by atoms with van der Waals surface area (Å²) in [6, 6.07) is 4.26. The molecular weight excluding hydrogens is 437 g/mol. The maximum absolute atomic E-state index is 4.18. The Labute approximate surface area is 145 Å². The quantitative estimate of drug-likeness (QED) is 0.401. The molecule has 3 nitrogen and oxygen atoms in total. The van der Waals surface area contributed by atoms with Crippen molar-refractivity contribution in [1.29, 1.82) is 0 Å². The molecule has 0 saturated heterocycles. The van der Waals surface area contributed by atoms with Crippen LogP contribution in [-0.4, -0.2) is 26.1 Å². The second-order valence-electron chi connectivity index (χ2n) is 4.66. The van der Waals surface area contributed by atoms with Gasteiger partial charge in [-0.3, -0.25) is 4.99 Å². The molecule has 0 fully saturated rings. The Morgan fingerprint density at radius 1 is 1.47 bits per heavy atom. The van der Waals surface area contributed by atoms with Gasteiger partial charge in [-0.1, -0.05) is 42.4 Å². The van der Waals surface area contributed by atoms with E-state index in [-0.39, 0.29) is 29.4 Å². The van der Waals surface area contributed by atoms with E-state index in [1.54, 1.807) is 18.4 Å². The first-order valence-corrected chi connectivity index (χ1v) is 7.45. The molecule has 0 atom stereocenters. The fraction of sp³-hybridized carbons (Fsp3) is 0.462. The Balaban J connectivity index is 0.00000324. The van der Waals surface area contributed by atoms with E-state index in [0.29, 0.717) is 6.54 Å². The highest BCUT2D eigenvalue weighted by Crippen LogP contribution is 2.26. The minimum absolute atomic E-state index is 0. The first kappa shape index (κ1) is 18.9. The Morgan fingerprint density at radius 2 is 2.16 bits per heavy atom. The van der Waals surface area contributed by atoms with Gasteiger partial charge in [0.2, 0.25) is 0 Å². The van der Waals surface area contributed by atoms with Gasteiger partial charge in [0.25, 0.3) is 0 Å². The van der Waals surface area contributed by atoms with E-state index >= 15 is 0 Å². The van der Waals surface area contributed by atoms with Crippen molar-refractivity contribution in [1.82, 2.24) is 10.6 Å². The molecule has 1 heterocycles. The Bertz CT molecular complexity index is 416. The lowest BCUT2D eigenvalue weighted by Crippen LogP contribution is -2.43. The van der Waals surface area contributed by atoms with Crippen molar-refractivity contribution in [2.45, 2.75) is 19.3 Å². The van der Waals surface area contributed by atoms with Crippen LogP contribution >= 0.6 is 51.2 Å². The van der Waals surface area contributed by atoms with Gasteiger partial charge in [0, 0.05) is 34.9 Å². The Morgan fingerprint density at radius 3 is 2.63 bits per heavy atom. The average Bonchev–Trinajstić information content (AvgIpc) is 2.83. The summed E-state index contributed by atoms with van der Waals surface area (Å²) in [5.41, 5.74) is 0.0944. The SMILES string of the molecule is C=C(Br)CNC(=NC)NCC(C)(C)c1cccs1.I. The van der Waals surface area contributed by atoms with Crippen molar-refractivity contribution in [2.75, 3.05) is 20.1 Å². The number of hydrogen-bond donors (Lipinski definition) is 2. The number of aliphatic imine (C=N–C) groups is 1. The van der Waals surface area contributed by atoms with Gasteiger partial charge in [0.05, 0.1) is 0 Å². The molecule has 108 valence electrons. The van der Waals surface area contributed by atoms with E-state index in [1.165, 1.54) is 4.88 Å². The van der Waals surface area contributed by atoms with Gasteiger partial charge < -0.3 is 10.6 Å². The van der Waals surface area contributed by atoms with E-state index in [4.69, 9.17) is 0 Å². The molecule has 0 bridgehead atoms. The highest BCUT2D eigenvalue weighted by molar-refractivity contribution is 14.0. The van der Waals surface area contributed by atoms with Crippen molar-refractivity contribution < 1.29 is 0 Å². The second-order valence-corrected chi connectivity index (χ2v) is 6.73. The lowest BCUT2D eigenvalue weighted by atomic mass is 9.91. The smallest absolute Gasteiger partial charge is 0.191 e. The number of rotatable bonds is 5. The number of guanidine groups is 1. The van der Waals surface area contributed by atoms with Crippen LogP contribution < -0.4 is 10.6 Å². The molecule has 0 amide bonds. The van der Waals surface area contributed by atoms with Gasteiger partial charge in [0.1, 0.15) is 0 Å². The van der Waals surface area contributed by atoms with Crippen LogP contribution in [0.4, 0.5) is 0 Å². The lowest BCUT2D eigenvalue weighted by Gasteiger charge is -2.25. The van der Waals surface area contributed by atoms with E-state index in [9.17, 15) is 0 Å². The first-order valence-electron chi connectivity index (χ1n) is 5.77. The fourth-order valence-electron chi connectivity index (χ4n) is 1.46. The third kappa shape index (κ3) is 6.76. The van der Waals surface area contributed by atoms with E-state index in [2.05, 4.69) is 69.5 Å². The van der Waals surface area contributed by atoms with Crippen LogP contribution in [0, 0.1) is 0 Å². The molecule has 1 aromatic rings. The van der Waals surface area contributed by atoms with Crippen molar-refractivity contribution in [3.05, 3.63) is 33.5 Å². The largest absolute Gasteiger partial charge is 0.356 e. The summed E-state index contributed by atoms with van der Waals surface area (Å²) in [4.78, 5) is 5.55. The van der Waals surface area contributed by atoms with Crippen LogP contribution in [0.3, 0.4) is 0 Å². The maximum Gasteiger partial charge on any atom is 0.191 e. The molecule has 1 aromatic heterocycles. The van der Waals surface area contributed by atoms with Crippen LogP contribution in [0.2, 0.25) is 0 Å². The Kier molecular flexibility index (Phi) is 8.93. The minimum atomic E-state index is 0. The van der Waals surface area contributed by atoms with Crippen LogP contribution in [0.1, 0.15) is 18.7 Å². The van der Waals surface area contributed by atoms with Gasteiger partial charge >= 0.3 is 0 Å². The van der Waals surface area contributed by atoms with Gasteiger partial charge in [0.15, 0.2) is 5.96 Å². The van der Waals surface area contributed by atoms with Crippen LogP contribution in [0.5, 0.6) is 0 Å². The summed E-state index contributed by atoms with van der Waals surface area (Å²) in [5, 5.41) is 8.63. The summed E-state index contributed by atoms with van der Waals surface area (Å²) in [6.45, 7) is 9.73. The Hall–Kier alpha value is -0.0800. The lowest BCUT2D eigenvalue weighted by molar-refractivity contribution is 0.519. The van der Waals surface area contributed by atoms with Crippen molar-refractivity contribution in [3.8, 4) is 0 Å². The van der Waals surface area contributed by atoms with Gasteiger partial charge in [-0.15, -0.1) is 35.3 Å². The van der Waals surface area contributed by atoms with Gasteiger partial charge in [-0.05, 0) is 11.4 Å². The molecule has 0 radical (unpaired) electrons. The highest BCUT2D eigenvalue weighted by atomic mass is 127. The van der Waals surface area contributed by atoms with E-state index < -0.39 is 0 Å².